The van der Waals surface area contributed by atoms with Crippen molar-refractivity contribution < 1.29 is 19.1 Å². The first-order valence-electron chi connectivity index (χ1n) is 5.59. The summed E-state index contributed by atoms with van der Waals surface area (Å²) in [6, 6.07) is 7.01. The van der Waals surface area contributed by atoms with E-state index >= 15 is 0 Å². The first-order chi connectivity index (χ1) is 8.58. The summed E-state index contributed by atoms with van der Waals surface area (Å²) >= 11 is 0. The summed E-state index contributed by atoms with van der Waals surface area (Å²) in [5, 5.41) is 2.65. The van der Waals surface area contributed by atoms with E-state index in [1.165, 1.54) is 14.2 Å². The Hall–Kier alpha value is -2.04. The number of alkyl carbamates (subject to hydrolysis) is 1. The molecule has 0 heterocycles. The molecule has 0 aliphatic carbocycles. The minimum Gasteiger partial charge on any atom is -0.465 e. The minimum absolute atomic E-state index is 0.136. The molecule has 0 saturated carbocycles. The number of rotatable bonds is 4. The van der Waals surface area contributed by atoms with Crippen molar-refractivity contribution in [2.45, 2.75) is 19.4 Å². The molecule has 1 amide bonds. The molecule has 18 heavy (non-hydrogen) atoms. The second-order valence-corrected chi connectivity index (χ2v) is 3.89. The summed E-state index contributed by atoms with van der Waals surface area (Å²) in [7, 11) is 2.65. The van der Waals surface area contributed by atoms with Crippen LogP contribution in [0.2, 0.25) is 0 Å². The number of amides is 1. The zero-order chi connectivity index (χ0) is 13.5. The van der Waals surface area contributed by atoms with E-state index in [0.717, 1.165) is 5.56 Å². The van der Waals surface area contributed by atoms with Crippen LogP contribution in [0.5, 0.6) is 0 Å². The summed E-state index contributed by atoms with van der Waals surface area (Å²) in [4.78, 5) is 22.6. The summed E-state index contributed by atoms with van der Waals surface area (Å²) < 4.78 is 9.23. The molecule has 5 nitrogen and oxygen atoms in total. The Morgan fingerprint density at radius 3 is 2.50 bits per heavy atom. The molecule has 0 radical (unpaired) electrons. The van der Waals surface area contributed by atoms with E-state index in [-0.39, 0.29) is 12.0 Å². The van der Waals surface area contributed by atoms with Crippen molar-refractivity contribution in [1.29, 1.82) is 0 Å². The van der Waals surface area contributed by atoms with Gasteiger partial charge < -0.3 is 14.8 Å². The van der Waals surface area contributed by atoms with E-state index in [2.05, 4.69) is 10.1 Å². The molecule has 0 aliphatic rings. The van der Waals surface area contributed by atoms with Gasteiger partial charge in [0, 0.05) is 6.04 Å². The Balaban J connectivity index is 2.78. The molecule has 0 bridgehead atoms. The number of esters is 1. The SMILES string of the molecule is COC(=O)N[C@@H](C)Cc1ccccc1C(=O)OC. The van der Waals surface area contributed by atoms with E-state index in [1.807, 2.05) is 19.1 Å². The van der Waals surface area contributed by atoms with Crippen LogP contribution < -0.4 is 5.32 Å². The largest absolute Gasteiger partial charge is 0.465 e. The van der Waals surface area contributed by atoms with E-state index in [1.54, 1.807) is 12.1 Å². The zero-order valence-corrected chi connectivity index (χ0v) is 10.7. The number of ether oxygens (including phenoxy) is 2. The number of hydrogen-bond donors (Lipinski definition) is 1. The molecule has 0 aliphatic heterocycles. The number of methoxy groups -OCH3 is 2. The van der Waals surface area contributed by atoms with Crippen LogP contribution in [-0.4, -0.2) is 32.3 Å². The van der Waals surface area contributed by atoms with Crippen LogP contribution in [0.1, 0.15) is 22.8 Å². The highest BCUT2D eigenvalue weighted by Gasteiger charge is 2.14. The lowest BCUT2D eigenvalue weighted by Crippen LogP contribution is -2.34. The molecule has 0 fully saturated rings. The van der Waals surface area contributed by atoms with Gasteiger partial charge in [0.05, 0.1) is 19.8 Å². The molecule has 0 unspecified atom stereocenters. The van der Waals surface area contributed by atoms with Crippen molar-refractivity contribution >= 4 is 12.1 Å². The molecule has 98 valence electrons. The first kappa shape index (κ1) is 14.0. The molecule has 1 aromatic carbocycles. The number of carbonyl (C=O) groups excluding carboxylic acids is 2. The second kappa shape index (κ2) is 6.64. The van der Waals surface area contributed by atoms with E-state index in [4.69, 9.17) is 4.74 Å². The van der Waals surface area contributed by atoms with Gasteiger partial charge in [0.15, 0.2) is 0 Å². The number of carbonyl (C=O) groups is 2. The van der Waals surface area contributed by atoms with Crippen molar-refractivity contribution in [3.05, 3.63) is 35.4 Å². The maximum Gasteiger partial charge on any atom is 0.407 e. The molecular formula is C13H17NO4. The Kier molecular flexibility index (Phi) is 5.17. The van der Waals surface area contributed by atoms with Crippen LogP contribution in [0.25, 0.3) is 0 Å². The fourth-order valence-corrected chi connectivity index (χ4v) is 1.65. The lowest BCUT2D eigenvalue weighted by atomic mass is 10.0. The molecule has 5 heteroatoms. The Morgan fingerprint density at radius 1 is 1.22 bits per heavy atom. The normalized spacial score (nSPS) is 11.5. The van der Waals surface area contributed by atoms with Crippen molar-refractivity contribution in [3.63, 3.8) is 0 Å². The number of nitrogens with one attached hydrogen (secondary N) is 1. The average molecular weight is 251 g/mol. The van der Waals surface area contributed by atoms with E-state index in [0.29, 0.717) is 12.0 Å². The third kappa shape index (κ3) is 3.76. The molecule has 1 N–H and O–H groups in total. The fraction of sp³-hybridized carbons (Fsp3) is 0.385. The van der Waals surface area contributed by atoms with Crippen LogP contribution in [0.4, 0.5) is 4.79 Å². The average Bonchev–Trinajstić information content (AvgIpc) is 2.38. The summed E-state index contributed by atoms with van der Waals surface area (Å²) in [6.45, 7) is 1.84. The van der Waals surface area contributed by atoms with Crippen LogP contribution in [0, 0.1) is 0 Å². The topological polar surface area (TPSA) is 64.6 Å². The molecular weight excluding hydrogens is 234 g/mol. The highest BCUT2D eigenvalue weighted by molar-refractivity contribution is 5.91. The quantitative estimate of drug-likeness (QED) is 0.828. The van der Waals surface area contributed by atoms with Crippen molar-refractivity contribution in [1.82, 2.24) is 5.32 Å². The Bertz CT molecular complexity index is 431. The molecule has 0 spiro atoms. The molecule has 1 rings (SSSR count). The van der Waals surface area contributed by atoms with Crippen molar-refractivity contribution in [3.8, 4) is 0 Å². The van der Waals surface area contributed by atoms with Crippen LogP contribution in [-0.2, 0) is 15.9 Å². The highest BCUT2D eigenvalue weighted by Crippen LogP contribution is 2.12. The Labute approximate surface area is 106 Å². The fourth-order valence-electron chi connectivity index (χ4n) is 1.65. The van der Waals surface area contributed by atoms with Gasteiger partial charge >= 0.3 is 12.1 Å². The Morgan fingerprint density at radius 2 is 1.89 bits per heavy atom. The van der Waals surface area contributed by atoms with Gasteiger partial charge in [-0.3, -0.25) is 0 Å². The smallest absolute Gasteiger partial charge is 0.407 e. The summed E-state index contributed by atoms with van der Waals surface area (Å²) in [6.07, 6.45) is 0.0402. The third-order valence-corrected chi connectivity index (χ3v) is 2.50. The van der Waals surface area contributed by atoms with Gasteiger partial charge in [0.2, 0.25) is 0 Å². The lowest BCUT2D eigenvalue weighted by Gasteiger charge is -2.14. The maximum absolute atomic E-state index is 11.6. The van der Waals surface area contributed by atoms with Crippen LogP contribution in [0.15, 0.2) is 24.3 Å². The van der Waals surface area contributed by atoms with Gasteiger partial charge in [-0.15, -0.1) is 0 Å². The molecule has 1 atom stereocenters. The van der Waals surface area contributed by atoms with Crippen molar-refractivity contribution in [2.75, 3.05) is 14.2 Å². The summed E-state index contributed by atoms with van der Waals surface area (Å²) in [5.74, 6) is -0.379. The van der Waals surface area contributed by atoms with E-state index < -0.39 is 6.09 Å². The predicted octanol–water partition coefficient (Wildman–Crippen LogP) is 1.76. The van der Waals surface area contributed by atoms with Crippen LogP contribution >= 0.6 is 0 Å². The van der Waals surface area contributed by atoms with E-state index in [9.17, 15) is 9.59 Å². The third-order valence-electron chi connectivity index (χ3n) is 2.50. The summed E-state index contributed by atoms with van der Waals surface area (Å²) in [5.41, 5.74) is 1.34. The molecule has 0 saturated heterocycles. The minimum atomic E-state index is -0.488. The van der Waals surface area contributed by atoms with Gasteiger partial charge in [-0.05, 0) is 25.0 Å². The van der Waals surface area contributed by atoms with Gasteiger partial charge in [-0.1, -0.05) is 18.2 Å². The second-order valence-electron chi connectivity index (χ2n) is 3.89. The van der Waals surface area contributed by atoms with Gasteiger partial charge in [-0.2, -0.15) is 0 Å². The first-order valence-corrected chi connectivity index (χ1v) is 5.59. The predicted molar refractivity (Wildman–Crippen MR) is 66.5 cm³/mol. The zero-order valence-electron chi connectivity index (χ0n) is 10.7. The standard InChI is InChI=1S/C13H17NO4/c1-9(14-13(16)18-3)8-10-6-4-5-7-11(10)12(15)17-2/h4-7,9H,8H2,1-3H3,(H,14,16)/t9-/m0/s1. The lowest BCUT2D eigenvalue weighted by molar-refractivity contribution is 0.0599. The van der Waals surface area contributed by atoms with Crippen molar-refractivity contribution in [2.24, 2.45) is 0 Å². The van der Waals surface area contributed by atoms with Gasteiger partial charge in [0.1, 0.15) is 0 Å². The number of benzene rings is 1. The van der Waals surface area contributed by atoms with Crippen LogP contribution in [0.3, 0.4) is 0 Å². The van der Waals surface area contributed by atoms with Gasteiger partial charge in [-0.25, -0.2) is 9.59 Å². The highest BCUT2D eigenvalue weighted by atomic mass is 16.5. The molecule has 1 aromatic rings. The monoisotopic (exact) mass is 251 g/mol. The maximum atomic E-state index is 11.6. The number of hydrogen-bond acceptors (Lipinski definition) is 4. The molecule has 0 aromatic heterocycles. The van der Waals surface area contributed by atoms with Gasteiger partial charge in [0.25, 0.3) is 0 Å².